The number of nitrogens with one attached hydrogen (secondary N) is 3. The van der Waals surface area contributed by atoms with Gasteiger partial charge in [0.2, 0.25) is 0 Å². The molecule has 6 heteroatoms. The van der Waals surface area contributed by atoms with Crippen molar-refractivity contribution in [2.24, 2.45) is 0 Å². The number of unbranched alkanes of at least 4 members (excludes halogenated alkanes) is 1. The summed E-state index contributed by atoms with van der Waals surface area (Å²) in [6.07, 6.45) is 6.70. The number of H-pyrrole nitrogens is 1. The summed E-state index contributed by atoms with van der Waals surface area (Å²) < 4.78 is 0. The molecule has 0 spiro atoms. The van der Waals surface area contributed by atoms with Crippen LogP contribution in [0.1, 0.15) is 86.0 Å². The Morgan fingerprint density at radius 3 is 2.38 bits per heavy atom. The first-order chi connectivity index (χ1) is 18.1. The number of aromatic nitrogens is 2. The number of pyridine rings is 1. The van der Waals surface area contributed by atoms with Crippen molar-refractivity contribution in [3.63, 3.8) is 0 Å². The standard InChI is InChI=1S/C31H35N5O/c1-4-7-9-22(8-5-2)23-12-14-24(15-13-23)31(37)36-29-26-18-19-28(35-30(26)34-27(29)6-3)33-25-16-10-21(20-32)11-17-25/h10-19,22H,4-9H2,1-3H3,(H,36,37)(H2,33,34,35). The van der Waals surface area contributed by atoms with Gasteiger partial charge < -0.3 is 15.6 Å². The molecule has 3 N–H and O–H groups in total. The second-order valence-electron chi connectivity index (χ2n) is 9.44. The molecular formula is C31H35N5O. The molecule has 0 aliphatic rings. The van der Waals surface area contributed by atoms with Gasteiger partial charge >= 0.3 is 0 Å². The van der Waals surface area contributed by atoms with Crippen LogP contribution in [-0.4, -0.2) is 15.9 Å². The molecule has 0 saturated heterocycles. The van der Waals surface area contributed by atoms with Crippen LogP contribution >= 0.6 is 0 Å². The number of nitrogens with zero attached hydrogens (tertiary/aromatic N) is 2. The highest BCUT2D eigenvalue weighted by atomic mass is 16.1. The van der Waals surface area contributed by atoms with Gasteiger partial charge in [0.1, 0.15) is 11.5 Å². The quantitative estimate of drug-likeness (QED) is 0.197. The molecule has 190 valence electrons. The maximum atomic E-state index is 13.2. The Balaban J connectivity index is 1.52. The fourth-order valence-electron chi connectivity index (χ4n) is 4.75. The summed E-state index contributed by atoms with van der Waals surface area (Å²) in [5.74, 6) is 1.11. The lowest BCUT2D eigenvalue weighted by Crippen LogP contribution is -2.13. The van der Waals surface area contributed by atoms with Gasteiger partial charge in [-0.2, -0.15) is 5.26 Å². The summed E-state index contributed by atoms with van der Waals surface area (Å²) in [6.45, 7) is 6.51. The Bertz CT molecular complexity index is 1380. The Morgan fingerprint density at radius 1 is 0.973 bits per heavy atom. The Kier molecular flexibility index (Phi) is 8.58. The first-order valence-corrected chi connectivity index (χ1v) is 13.3. The van der Waals surface area contributed by atoms with E-state index in [1.807, 2.05) is 36.4 Å². The third-order valence-electron chi connectivity index (χ3n) is 6.80. The number of nitriles is 1. The number of benzene rings is 2. The Hall–Kier alpha value is -4.11. The third kappa shape index (κ3) is 6.18. The molecule has 0 saturated carbocycles. The molecule has 4 aromatic rings. The monoisotopic (exact) mass is 493 g/mol. The molecule has 0 radical (unpaired) electrons. The predicted molar refractivity (Wildman–Crippen MR) is 151 cm³/mol. The molecule has 2 aromatic carbocycles. The number of aryl methyl sites for hydroxylation is 1. The lowest BCUT2D eigenvalue weighted by Gasteiger charge is -2.16. The van der Waals surface area contributed by atoms with E-state index >= 15 is 0 Å². The Labute approximate surface area is 219 Å². The highest BCUT2D eigenvalue weighted by Crippen LogP contribution is 2.31. The smallest absolute Gasteiger partial charge is 0.255 e. The van der Waals surface area contributed by atoms with Gasteiger partial charge in [0.05, 0.1) is 17.3 Å². The molecular weight excluding hydrogens is 458 g/mol. The van der Waals surface area contributed by atoms with Gasteiger partial charge in [0.25, 0.3) is 5.91 Å². The summed E-state index contributed by atoms with van der Waals surface area (Å²) in [5, 5.41) is 16.3. The molecule has 0 aliphatic heterocycles. The van der Waals surface area contributed by atoms with Crippen molar-refractivity contribution < 1.29 is 4.79 Å². The zero-order valence-corrected chi connectivity index (χ0v) is 21.9. The lowest BCUT2D eigenvalue weighted by molar-refractivity contribution is 0.102. The summed E-state index contributed by atoms with van der Waals surface area (Å²) in [5.41, 5.74) is 5.85. The van der Waals surface area contributed by atoms with E-state index in [9.17, 15) is 4.79 Å². The second kappa shape index (κ2) is 12.2. The Morgan fingerprint density at radius 2 is 1.73 bits per heavy atom. The van der Waals surface area contributed by atoms with E-state index in [2.05, 4.69) is 54.6 Å². The van der Waals surface area contributed by atoms with Gasteiger partial charge in [0.15, 0.2) is 0 Å². The van der Waals surface area contributed by atoms with Gasteiger partial charge in [-0.3, -0.25) is 4.79 Å². The number of carbonyl (C=O) groups is 1. The number of aromatic amines is 1. The second-order valence-corrected chi connectivity index (χ2v) is 9.44. The molecule has 2 aromatic heterocycles. The van der Waals surface area contributed by atoms with E-state index in [1.54, 1.807) is 12.1 Å². The number of anilines is 3. The van der Waals surface area contributed by atoms with Gasteiger partial charge in [-0.15, -0.1) is 0 Å². The number of rotatable bonds is 11. The van der Waals surface area contributed by atoms with Crippen molar-refractivity contribution >= 4 is 34.1 Å². The number of fused-ring (bicyclic) bond motifs is 1. The van der Waals surface area contributed by atoms with Crippen LogP contribution in [0.25, 0.3) is 11.0 Å². The van der Waals surface area contributed by atoms with Crippen molar-refractivity contribution in [3.05, 3.63) is 83.0 Å². The van der Waals surface area contributed by atoms with Gasteiger partial charge in [-0.05, 0) is 79.3 Å². The van der Waals surface area contributed by atoms with Crippen molar-refractivity contribution in [2.75, 3.05) is 10.6 Å². The van der Waals surface area contributed by atoms with Crippen molar-refractivity contribution in [2.45, 2.75) is 65.2 Å². The summed E-state index contributed by atoms with van der Waals surface area (Å²) in [6, 6.07) is 21.3. The van der Waals surface area contributed by atoms with E-state index in [1.165, 1.54) is 31.2 Å². The number of amides is 1. The zero-order valence-electron chi connectivity index (χ0n) is 21.9. The number of hydrogen-bond acceptors (Lipinski definition) is 4. The minimum atomic E-state index is -0.123. The zero-order chi connectivity index (χ0) is 26.2. The molecule has 37 heavy (non-hydrogen) atoms. The normalized spacial score (nSPS) is 11.7. The van der Waals surface area contributed by atoms with Crippen molar-refractivity contribution in [1.29, 1.82) is 5.26 Å². The van der Waals surface area contributed by atoms with Crippen LogP contribution in [0.3, 0.4) is 0 Å². The maximum absolute atomic E-state index is 13.2. The van der Waals surface area contributed by atoms with Gasteiger partial charge in [-0.25, -0.2) is 4.98 Å². The molecule has 6 nitrogen and oxygen atoms in total. The average Bonchev–Trinajstić information content (AvgIpc) is 3.28. The highest BCUT2D eigenvalue weighted by molar-refractivity contribution is 6.09. The lowest BCUT2D eigenvalue weighted by atomic mass is 9.89. The maximum Gasteiger partial charge on any atom is 0.255 e. The number of hydrogen-bond donors (Lipinski definition) is 3. The van der Waals surface area contributed by atoms with E-state index in [4.69, 9.17) is 10.2 Å². The molecule has 0 aliphatic carbocycles. The van der Waals surface area contributed by atoms with Crippen LogP contribution in [0.5, 0.6) is 0 Å². The SMILES string of the molecule is CCCCC(CCC)c1ccc(C(=O)Nc2c(CC)[nH]c3nc(Nc4ccc(C#N)cc4)ccc23)cc1. The molecule has 2 heterocycles. The van der Waals surface area contributed by atoms with Crippen molar-refractivity contribution in [3.8, 4) is 6.07 Å². The van der Waals surface area contributed by atoms with Crippen molar-refractivity contribution in [1.82, 2.24) is 9.97 Å². The molecule has 1 atom stereocenters. The predicted octanol–water partition coefficient (Wildman–Crippen LogP) is 8.07. The van der Waals surface area contributed by atoms with Crippen LogP contribution in [0.15, 0.2) is 60.7 Å². The number of carbonyl (C=O) groups excluding carboxylic acids is 1. The summed E-state index contributed by atoms with van der Waals surface area (Å²) in [7, 11) is 0. The first-order valence-electron chi connectivity index (χ1n) is 13.3. The molecule has 1 unspecified atom stereocenters. The van der Waals surface area contributed by atoms with E-state index in [-0.39, 0.29) is 5.91 Å². The van der Waals surface area contributed by atoms with Crippen LogP contribution in [0.2, 0.25) is 0 Å². The topological polar surface area (TPSA) is 93.6 Å². The van der Waals surface area contributed by atoms with Crippen LogP contribution < -0.4 is 10.6 Å². The fraction of sp³-hybridized carbons (Fsp3) is 0.323. The van der Waals surface area contributed by atoms with E-state index < -0.39 is 0 Å². The minimum Gasteiger partial charge on any atom is -0.341 e. The van der Waals surface area contributed by atoms with Crippen LogP contribution in [0, 0.1) is 11.3 Å². The minimum absolute atomic E-state index is 0.123. The van der Waals surface area contributed by atoms with E-state index in [0.717, 1.165) is 35.3 Å². The third-order valence-corrected chi connectivity index (χ3v) is 6.80. The summed E-state index contributed by atoms with van der Waals surface area (Å²) >= 11 is 0. The van der Waals surface area contributed by atoms with E-state index in [0.29, 0.717) is 28.5 Å². The summed E-state index contributed by atoms with van der Waals surface area (Å²) in [4.78, 5) is 21.3. The van der Waals surface area contributed by atoms with Gasteiger partial charge in [-0.1, -0.05) is 52.2 Å². The first kappa shape index (κ1) is 26.0. The molecule has 0 fully saturated rings. The molecule has 1 amide bonds. The van der Waals surface area contributed by atoms with Crippen LogP contribution in [0.4, 0.5) is 17.2 Å². The highest BCUT2D eigenvalue weighted by Gasteiger charge is 2.17. The molecule has 0 bridgehead atoms. The molecule has 4 rings (SSSR count). The average molecular weight is 494 g/mol. The van der Waals surface area contributed by atoms with Gasteiger partial charge in [0, 0.05) is 22.3 Å². The fourth-order valence-corrected chi connectivity index (χ4v) is 4.75. The largest absolute Gasteiger partial charge is 0.341 e. The van der Waals surface area contributed by atoms with Crippen LogP contribution in [-0.2, 0) is 6.42 Å².